The summed E-state index contributed by atoms with van der Waals surface area (Å²) in [4.78, 5) is 0. The molecular formula is C4H8O4S2. The van der Waals surface area contributed by atoms with Gasteiger partial charge in [0.1, 0.15) is 0 Å². The Hall–Kier alpha value is -0.360. The number of hydrogen-bond acceptors (Lipinski definition) is 4. The van der Waals surface area contributed by atoms with E-state index in [1.54, 1.807) is 0 Å². The average Bonchev–Trinajstić information content (AvgIpc) is 1.61. The fraction of sp³-hybridized carbons (Fsp3) is 0.500. The molecule has 0 N–H and O–H groups in total. The zero-order chi connectivity index (χ0) is 8.41. The molecule has 0 bridgehead atoms. The molecule has 60 valence electrons. The molecular weight excluding hydrogens is 176 g/mol. The van der Waals surface area contributed by atoms with Gasteiger partial charge in [-0.25, -0.2) is 16.8 Å². The van der Waals surface area contributed by atoms with Gasteiger partial charge >= 0.3 is 0 Å². The predicted molar refractivity (Wildman–Crippen MR) is 38.8 cm³/mol. The second-order valence-electron chi connectivity index (χ2n) is 1.72. The van der Waals surface area contributed by atoms with Gasteiger partial charge < -0.3 is 0 Å². The minimum atomic E-state index is -3.99. The zero-order valence-corrected chi connectivity index (χ0v) is 7.07. The van der Waals surface area contributed by atoms with E-state index in [-0.39, 0.29) is 0 Å². The summed E-state index contributed by atoms with van der Waals surface area (Å²) in [6.45, 7) is 3.12. The molecule has 6 heteroatoms. The summed E-state index contributed by atoms with van der Waals surface area (Å²) in [5.74, 6) is -0.522. The van der Waals surface area contributed by atoms with Crippen LogP contribution in [-0.2, 0) is 17.7 Å². The van der Waals surface area contributed by atoms with Crippen molar-refractivity contribution in [2.24, 2.45) is 0 Å². The van der Waals surface area contributed by atoms with Crippen molar-refractivity contribution in [1.29, 1.82) is 0 Å². The van der Waals surface area contributed by atoms with Gasteiger partial charge in [0.2, 0.25) is 0 Å². The molecule has 0 aliphatic rings. The van der Waals surface area contributed by atoms with Crippen LogP contribution in [0.2, 0.25) is 0 Å². The van der Waals surface area contributed by atoms with E-state index in [9.17, 15) is 16.8 Å². The van der Waals surface area contributed by atoms with Gasteiger partial charge in [-0.1, -0.05) is 6.08 Å². The van der Waals surface area contributed by atoms with Crippen molar-refractivity contribution < 1.29 is 16.8 Å². The lowest BCUT2D eigenvalue weighted by Gasteiger charge is -1.94. The van der Waals surface area contributed by atoms with Crippen LogP contribution in [-0.4, -0.2) is 28.8 Å². The molecule has 0 atom stereocenters. The second-order valence-corrected chi connectivity index (χ2v) is 7.91. The maximum Gasteiger partial charge on any atom is 0.256 e. The first kappa shape index (κ1) is 9.64. The highest BCUT2D eigenvalue weighted by Gasteiger charge is 2.21. The minimum absolute atomic E-state index is 0.522. The van der Waals surface area contributed by atoms with E-state index in [2.05, 4.69) is 6.58 Å². The van der Waals surface area contributed by atoms with Gasteiger partial charge in [-0.2, -0.15) is 0 Å². The van der Waals surface area contributed by atoms with Gasteiger partial charge in [0.05, 0.1) is 12.0 Å². The van der Waals surface area contributed by atoms with Crippen molar-refractivity contribution in [2.75, 3.05) is 12.0 Å². The molecule has 0 radical (unpaired) electrons. The topological polar surface area (TPSA) is 68.3 Å². The Balaban J connectivity index is 4.98. The van der Waals surface area contributed by atoms with Gasteiger partial charge in [0, 0.05) is 0 Å². The molecule has 10 heavy (non-hydrogen) atoms. The first-order valence-corrected chi connectivity index (χ1v) is 6.41. The van der Waals surface area contributed by atoms with Crippen LogP contribution in [0, 0.1) is 0 Å². The quantitative estimate of drug-likeness (QED) is 0.440. The van der Waals surface area contributed by atoms with E-state index in [1.165, 1.54) is 0 Å². The van der Waals surface area contributed by atoms with Crippen molar-refractivity contribution in [1.82, 2.24) is 0 Å². The molecule has 0 spiro atoms. The lowest BCUT2D eigenvalue weighted by Crippen LogP contribution is -2.15. The fourth-order valence-corrected chi connectivity index (χ4v) is 1.83. The van der Waals surface area contributed by atoms with Crippen molar-refractivity contribution >= 4 is 17.7 Å². The third-order valence-electron chi connectivity index (χ3n) is 0.783. The number of hydrogen-bond donors (Lipinski definition) is 0. The maximum absolute atomic E-state index is 10.6. The highest BCUT2D eigenvalue weighted by Crippen LogP contribution is 1.99. The Morgan fingerprint density at radius 1 is 1.30 bits per heavy atom. The fourth-order valence-electron chi connectivity index (χ4n) is 0.268. The third kappa shape index (κ3) is 2.11. The van der Waals surface area contributed by atoms with Crippen LogP contribution in [0.15, 0.2) is 12.7 Å². The van der Waals surface area contributed by atoms with Gasteiger partial charge in [0.25, 0.3) is 17.7 Å². The zero-order valence-electron chi connectivity index (χ0n) is 5.44. The van der Waals surface area contributed by atoms with E-state index < -0.39 is 23.5 Å². The molecule has 0 aromatic carbocycles. The monoisotopic (exact) mass is 184 g/mol. The summed E-state index contributed by atoms with van der Waals surface area (Å²) in [5, 5.41) is 0. The number of rotatable bonds is 3. The molecule has 0 saturated carbocycles. The van der Waals surface area contributed by atoms with Gasteiger partial charge in [-0.05, 0) is 0 Å². The minimum Gasteiger partial charge on any atom is -0.213 e. The average molecular weight is 184 g/mol. The van der Waals surface area contributed by atoms with Gasteiger partial charge in [-0.15, -0.1) is 6.58 Å². The molecule has 0 heterocycles. The van der Waals surface area contributed by atoms with E-state index in [1.807, 2.05) is 0 Å². The summed E-state index contributed by atoms with van der Waals surface area (Å²) in [6.07, 6.45) is 1.70. The molecule has 0 fully saturated rings. The normalized spacial score (nSPS) is 12.9. The lowest BCUT2D eigenvalue weighted by atomic mass is 10.8. The summed E-state index contributed by atoms with van der Waals surface area (Å²) >= 11 is 0. The summed E-state index contributed by atoms with van der Waals surface area (Å²) in [5.41, 5.74) is 0. The standard InChI is InChI=1S/C4H8O4S2/c1-3-4-10(7,8)9(2,5)6/h3H,1,4H2,2H3. The Morgan fingerprint density at radius 3 is 1.80 bits per heavy atom. The Bertz CT molecular complexity index is 307. The molecule has 0 unspecified atom stereocenters. The second kappa shape index (κ2) is 2.71. The Labute approximate surface area is 59.8 Å². The SMILES string of the molecule is C=CCS(=O)(=O)S(C)(=O)=O. The Kier molecular flexibility index (Phi) is 2.61. The first-order valence-electron chi connectivity index (χ1n) is 2.35. The highest BCUT2D eigenvalue weighted by atomic mass is 33.2. The maximum atomic E-state index is 10.6. The molecule has 0 amide bonds. The largest absolute Gasteiger partial charge is 0.256 e. The Morgan fingerprint density at radius 2 is 1.70 bits per heavy atom. The summed E-state index contributed by atoms with van der Waals surface area (Å²) < 4.78 is 42.0. The molecule has 0 rings (SSSR count). The highest BCUT2D eigenvalue weighted by molar-refractivity contribution is 8.66. The van der Waals surface area contributed by atoms with E-state index in [4.69, 9.17) is 0 Å². The van der Waals surface area contributed by atoms with E-state index >= 15 is 0 Å². The van der Waals surface area contributed by atoms with Crippen molar-refractivity contribution in [3.63, 3.8) is 0 Å². The molecule has 0 aliphatic carbocycles. The smallest absolute Gasteiger partial charge is 0.213 e. The van der Waals surface area contributed by atoms with Crippen molar-refractivity contribution in [3.05, 3.63) is 12.7 Å². The lowest BCUT2D eigenvalue weighted by molar-refractivity contribution is 0.587. The van der Waals surface area contributed by atoms with Crippen LogP contribution in [0.5, 0.6) is 0 Å². The van der Waals surface area contributed by atoms with Crippen LogP contribution < -0.4 is 0 Å². The van der Waals surface area contributed by atoms with E-state index in [0.29, 0.717) is 6.26 Å². The first-order chi connectivity index (χ1) is 4.31. The van der Waals surface area contributed by atoms with Gasteiger partial charge in [0.15, 0.2) is 0 Å². The van der Waals surface area contributed by atoms with Crippen LogP contribution in [0.1, 0.15) is 0 Å². The van der Waals surface area contributed by atoms with Crippen LogP contribution in [0.25, 0.3) is 0 Å². The molecule has 0 aliphatic heterocycles. The van der Waals surface area contributed by atoms with Crippen LogP contribution >= 0.6 is 0 Å². The summed E-state index contributed by atoms with van der Waals surface area (Å²) in [7, 11) is -7.96. The molecule has 0 saturated heterocycles. The van der Waals surface area contributed by atoms with Gasteiger partial charge in [-0.3, -0.25) is 0 Å². The van der Waals surface area contributed by atoms with E-state index in [0.717, 1.165) is 6.08 Å². The molecule has 4 nitrogen and oxygen atoms in total. The van der Waals surface area contributed by atoms with Crippen molar-refractivity contribution in [2.45, 2.75) is 0 Å². The molecule has 0 aromatic heterocycles. The van der Waals surface area contributed by atoms with Crippen molar-refractivity contribution in [3.8, 4) is 0 Å². The predicted octanol–water partition coefficient (Wildman–Crippen LogP) is -0.453. The third-order valence-corrected chi connectivity index (χ3v) is 5.53. The summed E-state index contributed by atoms with van der Waals surface area (Å²) in [6, 6.07) is 0. The van der Waals surface area contributed by atoms with Crippen LogP contribution in [0.4, 0.5) is 0 Å². The van der Waals surface area contributed by atoms with Crippen LogP contribution in [0.3, 0.4) is 0 Å². The molecule has 0 aromatic rings.